The Bertz CT molecular complexity index is 428. The van der Waals surface area contributed by atoms with Crippen LogP contribution < -0.4 is 5.56 Å². The maximum atomic E-state index is 12.1. The van der Waals surface area contributed by atoms with Crippen molar-refractivity contribution < 1.29 is 13.2 Å². The highest BCUT2D eigenvalue weighted by Gasteiger charge is 2.29. The summed E-state index contributed by atoms with van der Waals surface area (Å²) in [5.41, 5.74) is -0.0654. The molecule has 0 saturated carbocycles. The topological polar surface area (TPSA) is 45.8 Å². The SMILES string of the molecule is CCCc1nc(CC(F)(F)F)[nH]c(=O)c1I. The number of aromatic nitrogens is 2. The third-order valence-corrected chi connectivity index (χ3v) is 2.95. The van der Waals surface area contributed by atoms with Crippen LogP contribution in [0.2, 0.25) is 0 Å². The lowest BCUT2D eigenvalue weighted by Gasteiger charge is -2.08. The Kier molecular flexibility index (Phi) is 4.34. The maximum Gasteiger partial charge on any atom is 0.396 e. The molecule has 0 unspecified atom stereocenters. The summed E-state index contributed by atoms with van der Waals surface area (Å²) in [5, 5.41) is 0. The fourth-order valence-electron chi connectivity index (χ4n) is 1.23. The zero-order valence-electron chi connectivity index (χ0n) is 8.49. The number of aromatic amines is 1. The average molecular weight is 346 g/mol. The van der Waals surface area contributed by atoms with Crippen LogP contribution in [0.4, 0.5) is 13.2 Å². The van der Waals surface area contributed by atoms with Crippen LogP contribution >= 0.6 is 22.6 Å². The molecule has 7 heteroatoms. The summed E-state index contributed by atoms with van der Waals surface area (Å²) in [6.07, 6.45) is -4.31. The number of rotatable bonds is 3. The summed E-state index contributed by atoms with van der Waals surface area (Å²) < 4.78 is 36.7. The summed E-state index contributed by atoms with van der Waals surface area (Å²) in [6, 6.07) is 0. The van der Waals surface area contributed by atoms with Crippen LogP contribution in [0.25, 0.3) is 0 Å². The molecule has 16 heavy (non-hydrogen) atoms. The van der Waals surface area contributed by atoms with Crippen molar-refractivity contribution in [2.45, 2.75) is 32.4 Å². The van der Waals surface area contributed by atoms with Gasteiger partial charge >= 0.3 is 6.18 Å². The molecule has 0 atom stereocenters. The minimum Gasteiger partial charge on any atom is -0.309 e. The van der Waals surface area contributed by atoms with Crippen molar-refractivity contribution >= 4 is 22.6 Å². The predicted octanol–water partition coefficient (Wildman–Crippen LogP) is 2.43. The molecule has 0 amide bonds. The number of hydrogen-bond acceptors (Lipinski definition) is 2. The average Bonchev–Trinajstić information content (AvgIpc) is 2.11. The van der Waals surface area contributed by atoms with E-state index in [1.165, 1.54) is 0 Å². The third kappa shape index (κ3) is 3.76. The zero-order chi connectivity index (χ0) is 12.3. The van der Waals surface area contributed by atoms with Crippen LogP contribution in [-0.4, -0.2) is 16.1 Å². The van der Waals surface area contributed by atoms with E-state index in [-0.39, 0.29) is 5.82 Å². The number of alkyl halides is 3. The Labute approximate surface area is 104 Å². The molecule has 0 spiro atoms. The molecule has 0 fully saturated rings. The molecule has 3 nitrogen and oxygen atoms in total. The van der Waals surface area contributed by atoms with Gasteiger partial charge in [-0.3, -0.25) is 4.79 Å². The Morgan fingerprint density at radius 3 is 2.56 bits per heavy atom. The van der Waals surface area contributed by atoms with Crippen molar-refractivity contribution in [1.29, 1.82) is 0 Å². The summed E-state index contributed by atoms with van der Waals surface area (Å²) in [7, 11) is 0. The van der Waals surface area contributed by atoms with E-state index in [1.54, 1.807) is 22.6 Å². The Hall–Kier alpha value is -0.600. The minimum atomic E-state index is -4.35. The van der Waals surface area contributed by atoms with Crippen molar-refractivity contribution in [3.63, 3.8) is 0 Å². The standard InChI is InChI=1S/C9H10F3IN2O/c1-2-3-5-7(13)8(16)15-6(14-5)4-9(10,11)12/h2-4H2,1H3,(H,14,15,16). The zero-order valence-corrected chi connectivity index (χ0v) is 10.6. The Balaban J connectivity index is 3.09. The molecule has 0 aromatic carbocycles. The highest BCUT2D eigenvalue weighted by atomic mass is 127. The van der Waals surface area contributed by atoms with Gasteiger partial charge in [0.15, 0.2) is 0 Å². The van der Waals surface area contributed by atoms with Gasteiger partial charge in [0.2, 0.25) is 0 Å². The largest absolute Gasteiger partial charge is 0.396 e. The molecule has 0 aliphatic carbocycles. The van der Waals surface area contributed by atoms with E-state index in [9.17, 15) is 18.0 Å². The van der Waals surface area contributed by atoms with E-state index in [4.69, 9.17) is 0 Å². The predicted molar refractivity (Wildman–Crippen MR) is 61.3 cm³/mol. The summed E-state index contributed by atoms with van der Waals surface area (Å²) in [5.74, 6) is -0.318. The molecular weight excluding hydrogens is 336 g/mol. The van der Waals surface area contributed by atoms with Crippen LogP contribution in [-0.2, 0) is 12.8 Å². The molecule has 0 aliphatic heterocycles. The second-order valence-corrected chi connectivity index (χ2v) is 4.39. The van der Waals surface area contributed by atoms with Gasteiger partial charge in [0.05, 0.1) is 9.26 Å². The quantitative estimate of drug-likeness (QED) is 0.855. The molecule has 0 bridgehead atoms. The minimum absolute atomic E-state index is 0.318. The molecule has 0 saturated heterocycles. The van der Waals surface area contributed by atoms with E-state index in [1.807, 2.05) is 6.92 Å². The van der Waals surface area contributed by atoms with Gasteiger partial charge in [-0.1, -0.05) is 13.3 Å². The van der Waals surface area contributed by atoms with Gasteiger partial charge in [-0.05, 0) is 29.0 Å². The lowest BCUT2D eigenvalue weighted by molar-refractivity contribution is -0.128. The number of H-pyrrole nitrogens is 1. The number of nitrogens with one attached hydrogen (secondary N) is 1. The first-order valence-electron chi connectivity index (χ1n) is 4.68. The van der Waals surface area contributed by atoms with Gasteiger partial charge in [0, 0.05) is 0 Å². The number of hydrogen-bond donors (Lipinski definition) is 1. The van der Waals surface area contributed by atoms with E-state index in [2.05, 4.69) is 9.97 Å². The summed E-state index contributed by atoms with van der Waals surface area (Å²) in [4.78, 5) is 17.3. The second-order valence-electron chi connectivity index (χ2n) is 3.32. The normalized spacial score (nSPS) is 11.8. The van der Waals surface area contributed by atoms with Crippen molar-refractivity contribution in [2.24, 2.45) is 0 Å². The van der Waals surface area contributed by atoms with Crippen molar-refractivity contribution in [2.75, 3.05) is 0 Å². The number of aryl methyl sites for hydroxylation is 1. The first-order valence-corrected chi connectivity index (χ1v) is 5.75. The molecule has 90 valence electrons. The Morgan fingerprint density at radius 2 is 2.06 bits per heavy atom. The van der Waals surface area contributed by atoms with Gasteiger partial charge in [-0.25, -0.2) is 4.98 Å². The molecule has 1 N–H and O–H groups in total. The molecule has 1 aromatic heterocycles. The molecular formula is C9H10F3IN2O. The van der Waals surface area contributed by atoms with Crippen LogP contribution in [0, 0.1) is 3.57 Å². The third-order valence-electron chi connectivity index (χ3n) is 1.84. The fourth-order valence-corrected chi connectivity index (χ4v) is 1.76. The smallest absolute Gasteiger partial charge is 0.309 e. The van der Waals surface area contributed by atoms with Crippen LogP contribution in [0.15, 0.2) is 4.79 Å². The molecule has 0 aliphatic rings. The van der Waals surface area contributed by atoms with Gasteiger partial charge in [0.25, 0.3) is 5.56 Å². The highest BCUT2D eigenvalue weighted by molar-refractivity contribution is 14.1. The van der Waals surface area contributed by atoms with Gasteiger partial charge in [-0.15, -0.1) is 0 Å². The Morgan fingerprint density at radius 1 is 1.44 bits per heavy atom. The summed E-state index contributed by atoms with van der Waals surface area (Å²) >= 11 is 1.79. The second kappa shape index (κ2) is 5.15. The molecule has 1 rings (SSSR count). The number of halogens is 4. The van der Waals surface area contributed by atoms with Gasteiger partial charge in [-0.2, -0.15) is 13.2 Å². The lowest BCUT2D eigenvalue weighted by atomic mass is 10.2. The fraction of sp³-hybridized carbons (Fsp3) is 0.556. The van der Waals surface area contributed by atoms with Gasteiger partial charge in [0.1, 0.15) is 12.2 Å². The summed E-state index contributed by atoms with van der Waals surface area (Å²) in [6.45, 7) is 1.88. The first kappa shape index (κ1) is 13.5. The van der Waals surface area contributed by atoms with E-state index in [0.717, 1.165) is 6.42 Å². The molecule has 1 aromatic rings. The van der Waals surface area contributed by atoms with Crippen LogP contribution in [0.5, 0.6) is 0 Å². The van der Waals surface area contributed by atoms with Crippen molar-refractivity contribution in [3.8, 4) is 0 Å². The number of nitrogens with zero attached hydrogens (tertiary/aromatic N) is 1. The van der Waals surface area contributed by atoms with E-state index in [0.29, 0.717) is 15.7 Å². The maximum absolute atomic E-state index is 12.1. The molecule has 0 radical (unpaired) electrons. The van der Waals surface area contributed by atoms with E-state index >= 15 is 0 Å². The lowest BCUT2D eigenvalue weighted by Crippen LogP contribution is -2.22. The first-order chi connectivity index (χ1) is 7.33. The monoisotopic (exact) mass is 346 g/mol. The highest BCUT2D eigenvalue weighted by Crippen LogP contribution is 2.19. The van der Waals surface area contributed by atoms with Crippen LogP contribution in [0.1, 0.15) is 24.9 Å². The van der Waals surface area contributed by atoms with E-state index < -0.39 is 18.2 Å². The van der Waals surface area contributed by atoms with Crippen molar-refractivity contribution in [1.82, 2.24) is 9.97 Å². The van der Waals surface area contributed by atoms with Crippen LogP contribution in [0.3, 0.4) is 0 Å². The van der Waals surface area contributed by atoms with Crippen molar-refractivity contribution in [3.05, 3.63) is 25.4 Å². The van der Waals surface area contributed by atoms with Gasteiger partial charge < -0.3 is 4.98 Å². The molecule has 1 heterocycles.